The van der Waals surface area contributed by atoms with E-state index in [0.29, 0.717) is 52.1 Å². The molecule has 1 amide bonds. The summed E-state index contributed by atoms with van der Waals surface area (Å²) in [7, 11) is 0. The quantitative estimate of drug-likeness (QED) is 0.294. The zero-order valence-electron chi connectivity index (χ0n) is 20.6. The molecular weight excluding hydrogens is 494 g/mol. The fourth-order valence-electron chi connectivity index (χ4n) is 3.78. The molecule has 0 aliphatic carbocycles. The third kappa shape index (κ3) is 6.63. The SMILES string of the molecule is CC(C)N(CCOc1cccc2ncnc(Nc3ccc(OCc4ccccn4)c(Cl)c3)c12)C(=O)CO. The number of hydrogen-bond donors (Lipinski definition) is 2. The van der Waals surface area contributed by atoms with Gasteiger partial charge in [0.25, 0.3) is 0 Å². The number of amides is 1. The van der Waals surface area contributed by atoms with E-state index in [2.05, 4.69) is 20.3 Å². The van der Waals surface area contributed by atoms with E-state index in [9.17, 15) is 9.90 Å². The minimum absolute atomic E-state index is 0.0583. The fraction of sp³-hybridized carbons (Fsp3) is 0.259. The monoisotopic (exact) mass is 521 g/mol. The predicted octanol–water partition coefficient (Wildman–Crippen LogP) is 4.61. The molecule has 4 aromatic rings. The summed E-state index contributed by atoms with van der Waals surface area (Å²) in [5.74, 6) is 1.32. The Balaban J connectivity index is 1.50. The van der Waals surface area contributed by atoms with E-state index in [0.717, 1.165) is 5.69 Å². The Hall–Kier alpha value is -3.95. The van der Waals surface area contributed by atoms with Crippen molar-refractivity contribution in [3.63, 3.8) is 0 Å². The van der Waals surface area contributed by atoms with Crippen LogP contribution in [0.1, 0.15) is 19.5 Å². The summed E-state index contributed by atoms with van der Waals surface area (Å²) in [5.41, 5.74) is 2.21. The van der Waals surface area contributed by atoms with Gasteiger partial charge < -0.3 is 24.8 Å². The Bertz CT molecular complexity index is 1350. The van der Waals surface area contributed by atoms with Crippen molar-refractivity contribution in [1.82, 2.24) is 19.9 Å². The summed E-state index contributed by atoms with van der Waals surface area (Å²) in [4.78, 5) is 26.6. The third-order valence-corrected chi connectivity index (χ3v) is 5.89. The number of anilines is 2. The number of halogens is 1. The van der Waals surface area contributed by atoms with Gasteiger partial charge in [0.05, 0.1) is 28.2 Å². The lowest BCUT2D eigenvalue weighted by molar-refractivity contribution is -0.136. The average Bonchev–Trinajstić information content (AvgIpc) is 2.91. The van der Waals surface area contributed by atoms with E-state index in [1.807, 2.05) is 56.3 Å². The molecule has 0 spiro atoms. The molecule has 9 nitrogen and oxygen atoms in total. The van der Waals surface area contributed by atoms with E-state index < -0.39 is 6.61 Å². The molecule has 0 bridgehead atoms. The Morgan fingerprint density at radius 1 is 1.05 bits per heavy atom. The second-order valence-corrected chi connectivity index (χ2v) is 8.85. The van der Waals surface area contributed by atoms with Crippen LogP contribution in [0, 0.1) is 0 Å². The molecule has 0 radical (unpaired) electrons. The highest BCUT2D eigenvalue weighted by Gasteiger charge is 2.17. The normalized spacial score (nSPS) is 10.9. The fourth-order valence-corrected chi connectivity index (χ4v) is 4.01. The number of carbonyl (C=O) groups is 1. The van der Waals surface area contributed by atoms with Gasteiger partial charge in [-0.1, -0.05) is 23.7 Å². The van der Waals surface area contributed by atoms with Crippen molar-refractivity contribution in [1.29, 1.82) is 0 Å². The van der Waals surface area contributed by atoms with Crippen LogP contribution in [-0.4, -0.2) is 56.7 Å². The number of nitrogens with one attached hydrogen (secondary N) is 1. The lowest BCUT2D eigenvalue weighted by atomic mass is 10.2. The van der Waals surface area contributed by atoms with Gasteiger partial charge in [-0.3, -0.25) is 9.78 Å². The molecule has 0 unspecified atom stereocenters. The van der Waals surface area contributed by atoms with Gasteiger partial charge in [-0.25, -0.2) is 9.97 Å². The first kappa shape index (κ1) is 26.1. The van der Waals surface area contributed by atoms with Crippen LogP contribution in [0.5, 0.6) is 11.5 Å². The Kier molecular flexibility index (Phi) is 8.71. The highest BCUT2D eigenvalue weighted by atomic mass is 35.5. The molecular formula is C27H28ClN5O4. The van der Waals surface area contributed by atoms with E-state index >= 15 is 0 Å². The van der Waals surface area contributed by atoms with E-state index in [1.54, 1.807) is 23.2 Å². The van der Waals surface area contributed by atoms with Gasteiger partial charge in [0.15, 0.2) is 0 Å². The number of pyridine rings is 1. The molecule has 0 saturated heterocycles. The molecule has 2 heterocycles. The lowest BCUT2D eigenvalue weighted by Gasteiger charge is -2.26. The zero-order valence-corrected chi connectivity index (χ0v) is 21.4. The van der Waals surface area contributed by atoms with Gasteiger partial charge in [-0.05, 0) is 56.3 Å². The third-order valence-electron chi connectivity index (χ3n) is 5.59. The van der Waals surface area contributed by atoms with Crippen molar-refractivity contribution in [3.05, 3.63) is 77.8 Å². The van der Waals surface area contributed by atoms with Crippen molar-refractivity contribution >= 4 is 39.9 Å². The maximum Gasteiger partial charge on any atom is 0.248 e. The summed E-state index contributed by atoms with van der Waals surface area (Å²) < 4.78 is 11.9. The van der Waals surface area contributed by atoms with Gasteiger partial charge in [0.2, 0.25) is 5.91 Å². The number of aliphatic hydroxyl groups excluding tert-OH is 1. The molecule has 10 heteroatoms. The van der Waals surface area contributed by atoms with Gasteiger partial charge in [-0.2, -0.15) is 0 Å². The maximum atomic E-state index is 12.0. The Morgan fingerprint density at radius 2 is 1.92 bits per heavy atom. The molecule has 4 rings (SSSR count). The average molecular weight is 522 g/mol. The van der Waals surface area contributed by atoms with Gasteiger partial charge in [0.1, 0.15) is 43.5 Å². The minimum atomic E-state index is -0.538. The van der Waals surface area contributed by atoms with Crippen LogP contribution in [0.25, 0.3) is 10.9 Å². The number of benzene rings is 2. The molecule has 0 atom stereocenters. The number of fused-ring (bicyclic) bond motifs is 1. The number of carbonyl (C=O) groups excluding carboxylic acids is 1. The van der Waals surface area contributed by atoms with Crippen LogP contribution >= 0.6 is 11.6 Å². The van der Waals surface area contributed by atoms with Crippen LogP contribution in [0.2, 0.25) is 5.02 Å². The van der Waals surface area contributed by atoms with Crippen LogP contribution in [-0.2, 0) is 11.4 Å². The highest BCUT2D eigenvalue weighted by molar-refractivity contribution is 6.32. The molecule has 37 heavy (non-hydrogen) atoms. The standard InChI is InChI=1S/C27H28ClN5O4/c1-18(2)33(25(35)15-34)12-13-36-24-8-5-7-22-26(24)27(31-17-30-22)32-19-9-10-23(21(28)14-19)37-16-20-6-3-4-11-29-20/h3-11,14,17-18,34H,12-13,15-16H2,1-2H3,(H,30,31,32). The van der Waals surface area contributed by atoms with Crippen LogP contribution in [0.3, 0.4) is 0 Å². The smallest absolute Gasteiger partial charge is 0.248 e. The first-order valence-corrected chi connectivity index (χ1v) is 12.2. The molecule has 0 saturated carbocycles. The Morgan fingerprint density at radius 3 is 2.65 bits per heavy atom. The predicted molar refractivity (Wildman–Crippen MR) is 142 cm³/mol. The summed E-state index contributed by atoms with van der Waals surface area (Å²) in [6.07, 6.45) is 3.19. The highest BCUT2D eigenvalue weighted by Crippen LogP contribution is 2.34. The molecule has 192 valence electrons. The topological polar surface area (TPSA) is 110 Å². The molecule has 2 aromatic carbocycles. The van der Waals surface area contributed by atoms with Gasteiger partial charge in [-0.15, -0.1) is 0 Å². The second kappa shape index (κ2) is 12.3. The number of rotatable bonds is 11. The maximum absolute atomic E-state index is 12.0. The molecule has 0 aliphatic rings. The summed E-state index contributed by atoms with van der Waals surface area (Å²) in [5, 5.41) is 13.7. The van der Waals surface area contributed by atoms with E-state index in [1.165, 1.54) is 6.33 Å². The molecule has 0 fully saturated rings. The number of ether oxygens (including phenoxy) is 2. The largest absolute Gasteiger partial charge is 0.491 e. The summed E-state index contributed by atoms with van der Waals surface area (Å²) in [6.45, 7) is 4.13. The first-order valence-electron chi connectivity index (χ1n) is 11.8. The zero-order chi connectivity index (χ0) is 26.2. The van der Waals surface area contributed by atoms with E-state index in [-0.39, 0.29) is 18.6 Å². The summed E-state index contributed by atoms with van der Waals surface area (Å²) >= 11 is 6.48. The van der Waals surface area contributed by atoms with Gasteiger partial charge in [0, 0.05) is 17.9 Å². The Labute approximate surface area is 220 Å². The number of aromatic nitrogens is 3. The number of nitrogens with zero attached hydrogens (tertiary/aromatic N) is 4. The van der Waals surface area contributed by atoms with Crippen LogP contribution in [0.4, 0.5) is 11.5 Å². The van der Waals surface area contributed by atoms with E-state index in [4.69, 9.17) is 21.1 Å². The van der Waals surface area contributed by atoms with Crippen molar-refractivity contribution in [3.8, 4) is 11.5 Å². The number of aliphatic hydroxyl groups is 1. The second-order valence-electron chi connectivity index (χ2n) is 8.44. The van der Waals surface area contributed by atoms with Crippen molar-refractivity contribution in [2.45, 2.75) is 26.5 Å². The molecule has 2 N–H and O–H groups in total. The molecule has 0 aliphatic heterocycles. The number of hydrogen-bond acceptors (Lipinski definition) is 8. The van der Waals surface area contributed by atoms with Crippen molar-refractivity contribution in [2.75, 3.05) is 25.1 Å². The van der Waals surface area contributed by atoms with Crippen LogP contribution in [0.15, 0.2) is 67.1 Å². The van der Waals surface area contributed by atoms with Gasteiger partial charge >= 0.3 is 0 Å². The molecule has 2 aromatic heterocycles. The first-order chi connectivity index (χ1) is 18.0. The lowest BCUT2D eigenvalue weighted by Crippen LogP contribution is -2.41. The van der Waals surface area contributed by atoms with Crippen molar-refractivity contribution < 1.29 is 19.4 Å². The van der Waals surface area contributed by atoms with Crippen LogP contribution < -0.4 is 14.8 Å². The van der Waals surface area contributed by atoms with Crippen molar-refractivity contribution in [2.24, 2.45) is 0 Å². The summed E-state index contributed by atoms with van der Waals surface area (Å²) in [6, 6.07) is 16.5. The minimum Gasteiger partial charge on any atom is -0.491 e.